The summed E-state index contributed by atoms with van der Waals surface area (Å²) < 4.78 is 0. The fourth-order valence-electron chi connectivity index (χ4n) is 1.91. The molecule has 2 rings (SSSR count). The molecule has 0 bridgehead atoms. The number of thiocarbonyl (C=S) groups is 1. The maximum atomic E-state index is 11.9. The third-order valence-electron chi connectivity index (χ3n) is 2.83. The summed E-state index contributed by atoms with van der Waals surface area (Å²) in [4.78, 5) is 15.0. The maximum absolute atomic E-state index is 11.9. The monoisotopic (exact) mass is 261 g/mol. The summed E-state index contributed by atoms with van der Waals surface area (Å²) in [6, 6.07) is 9.69. The number of rotatable bonds is 3. The van der Waals surface area contributed by atoms with Crippen LogP contribution in [0.25, 0.3) is 0 Å². The van der Waals surface area contributed by atoms with Gasteiger partial charge in [0.25, 0.3) is 5.91 Å². The molecule has 0 atom stereocenters. The lowest BCUT2D eigenvalue weighted by Gasteiger charge is -2.22. The van der Waals surface area contributed by atoms with E-state index in [1.165, 1.54) is 4.90 Å². The van der Waals surface area contributed by atoms with Gasteiger partial charge in [0, 0.05) is 6.04 Å². The van der Waals surface area contributed by atoms with E-state index in [1.54, 1.807) is 4.90 Å². The summed E-state index contributed by atoms with van der Waals surface area (Å²) in [5.74, 6) is -0.358. The largest absolute Gasteiger partial charge is 0.295 e. The smallest absolute Gasteiger partial charge is 0.294 e. The lowest BCUT2D eigenvalue weighted by atomic mass is 10.2. The topological polar surface area (TPSA) is 47.4 Å². The molecule has 1 aliphatic heterocycles. The SMILES string of the molecule is CC(C)N1C(=O)C(=N)N(Cc2ccccc2)C1=S. The van der Waals surface area contributed by atoms with E-state index in [2.05, 4.69) is 0 Å². The number of hydrogen-bond donors (Lipinski definition) is 1. The predicted molar refractivity (Wildman–Crippen MR) is 74.3 cm³/mol. The standard InChI is InChI=1S/C13H15N3OS/c1-9(2)16-12(17)11(14)15(13(16)18)8-10-6-4-3-5-7-10/h3-7,9,14H,8H2,1-2H3. The molecule has 94 valence electrons. The van der Waals surface area contributed by atoms with Crippen LogP contribution in [0.4, 0.5) is 0 Å². The van der Waals surface area contributed by atoms with Gasteiger partial charge in [-0.15, -0.1) is 0 Å². The average molecular weight is 261 g/mol. The van der Waals surface area contributed by atoms with Crippen molar-refractivity contribution in [2.75, 3.05) is 0 Å². The molecule has 18 heavy (non-hydrogen) atoms. The van der Waals surface area contributed by atoms with Crippen LogP contribution in [0.2, 0.25) is 0 Å². The fraction of sp³-hybridized carbons (Fsp3) is 0.308. The molecule has 0 radical (unpaired) electrons. The zero-order chi connectivity index (χ0) is 13.3. The lowest BCUT2D eigenvalue weighted by molar-refractivity contribution is -0.121. The van der Waals surface area contributed by atoms with Gasteiger partial charge in [0.1, 0.15) is 0 Å². The molecule has 1 aliphatic rings. The van der Waals surface area contributed by atoms with Crippen molar-refractivity contribution in [2.45, 2.75) is 26.4 Å². The molecule has 4 nitrogen and oxygen atoms in total. The van der Waals surface area contributed by atoms with E-state index in [0.29, 0.717) is 11.7 Å². The number of amidine groups is 1. The molecule has 1 amide bonds. The van der Waals surface area contributed by atoms with Crippen LogP contribution in [0.15, 0.2) is 30.3 Å². The summed E-state index contributed by atoms with van der Waals surface area (Å²) in [7, 11) is 0. The quantitative estimate of drug-likeness (QED) is 0.847. The van der Waals surface area contributed by atoms with Crippen LogP contribution in [0.5, 0.6) is 0 Å². The van der Waals surface area contributed by atoms with Gasteiger partial charge in [0.2, 0.25) is 0 Å². The van der Waals surface area contributed by atoms with Crippen LogP contribution in [0.1, 0.15) is 19.4 Å². The molecule has 0 spiro atoms. The minimum Gasteiger partial charge on any atom is -0.294 e. The van der Waals surface area contributed by atoms with Crippen LogP contribution in [0.3, 0.4) is 0 Å². The molecule has 0 aromatic heterocycles. The molecule has 0 saturated carbocycles. The molecule has 1 aromatic carbocycles. The van der Waals surface area contributed by atoms with Gasteiger partial charge in [0.15, 0.2) is 10.9 Å². The maximum Gasteiger partial charge on any atom is 0.295 e. The Bertz CT molecular complexity index is 498. The van der Waals surface area contributed by atoms with Gasteiger partial charge in [0.05, 0.1) is 6.54 Å². The van der Waals surface area contributed by atoms with Gasteiger partial charge < -0.3 is 0 Å². The number of carbonyl (C=O) groups is 1. The third kappa shape index (κ3) is 2.13. The number of benzene rings is 1. The van der Waals surface area contributed by atoms with E-state index < -0.39 is 0 Å². The van der Waals surface area contributed by atoms with E-state index in [9.17, 15) is 4.79 Å². The van der Waals surface area contributed by atoms with Gasteiger partial charge in [-0.3, -0.25) is 20.0 Å². The van der Waals surface area contributed by atoms with Crippen molar-refractivity contribution in [2.24, 2.45) is 0 Å². The van der Waals surface area contributed by atoms with Crippen molar-refractivity contribution in [1.29, 1.82) is 5.41 Å². The van der Waals surface area contributed by atoms with Crippen molar-refractivity contribution < 1.29 is 4.79 Å². The van der Waals surface area contributed by atoms with Crippen LogP contribution in [-0.4, -0.2) is 32.7 Å². The minimum absolute atomic E-state index is 0.0221. The average Bonchev–Trinajstić information content (AvgIpc) is 2.55. The Labute approximate surface area is 112 Å². The van der Waals surface area contributed by atoms with Crippen LogP contribution < -0.4 is 0 Å². The fourth-order valence-corrected chi connectivity index (χ4v) is 2.36. The Balaban J connectivity index is 2.22. The second kappa shape index (κ2) is 4.86. The van der Waals surface area contributed by atoms with Crippen LogP contribution in [-0.2, 0) is 11.3 Å². The van der Waals surface area contributed by atoms with Crippen molar-refractivity contribution in [3.05, 3.63) is 35.9 Å². The highest BCUT2D eigenvalue weighted by atomic mass is 32.1. The lowest BCUT2D eigenvalue weighted by Crippen LogP contribution is -2.37. The first-order chi connectivity index (χ1) is 8.52. The summed E-state index contributed by atoms with van der Waals surface area (Å²) in [6.45, 7) is 4.25. The highest BCUT2D eigenvalue weighted by Gasteiger charge is 2.39. The first kappa shape index (κ1) is 12.7. The highest BCUT2D eigenvalue weighted by molar-refractivity contribution is 7.80. The van der Waals surface area contributed by atoms with Crippen molar-refractivity contribution in [3.63, 3.8) is 0 Å². The Kier molecular flexibility index (Phi) is 3.43. The van der Waals surface area contributed by atoms with E-state index >= 15 is 0 Å². The van der Waals surface area contributed by atoms with Gasteiger partial charge in [-0.2, -0.15) is 0 Å². The number of amides is 1. The Morgan fingerprint density at radius 2 is 1.89 bits per heavy atom. The third-order valence-corrected chi connectivity index (χ3v) is 3.25. The van der Waals surface area contributed by atoms with Gasteiger partial charge in [-0.1, -0.05) is 30.3 Å². The highest BCUT2D eigenvalue weighted by Crippen LogP contribution is 2.18. The molecule has 5 heteroatoms. The Morgan fingerprint density at radius 1 is 1.28 bits per heavy atom. The predicted octanol–water partition coefficient (Wildman–Crippen LogP) is 2.00. The molecular formula is C13H15N3OS. The van der Waals surface area contributed by atoms with Crippen molar-refractivity contribution in [1.82, 2.24) is 9.80 Å². The van der Waals surface area contributed by atoms with Gasteiger partial charge >= 0.3 is 0 Å². The number of carbonyl (C=O) groups excluding carboxylic acids is 1. The zero-order valence-corrected chi connectivity index (χ0v) is 11.2. The van der Waals surface area contributed by atoms with Crippen molar-refractivity contribution in [3.8, 4) is 0 Å². The summed E-state index contributed by atoms with van der Waals surface area (Å²) in [5, 5.41) is 8.28. The second-order valence-corrected chi connectivity index (χ2v) is 4.84. The summed E-state index contributed by atoms with van der Waals surface area (Å²) in [6.07, 6.45) is 0. The molecule has 1 saturated heterocycles. The molecule has 1 N–H and O–H groups in total. The molecular weight excluding hydrogens is 246 g/mol. The second-order valence-electron chi connectivity index (χ2n) is 4.47. The van der Waals surface area contributed by atoms with E-state index in [1.807, 2.05) is 44.2 Å². The summed E-state index contributed by atoms with van der Waals surface area (Å²) >= 11 is 5.28. The minimum atomic E-state index is -0.314. The number of nitrogens with one attached hydrogen (secondary N) is 1. The first-order valence-electron chi connectivity index (χ1n) is 5.80. The molecule has 0 aliphatic carbocycles. The van der Waals surface area contributed by atoms with E-state index in [4.69, 9.17) is 17.6 Å². The normalized spacial score (nSPS) is 16.1. The van der Waals surface area contributed by atoms with E-state index in [-0.39, 0.29) is 17.8 Å². The summed E-state index contributed by atoms with van der Waals surface area (Å²) in [5.41, 5.74) is 1.03. The van der Waals surface area contributed by atoms with Crippen molar-refractivity contribution >= 4 is 29.1 Å². The molecule has 1 fully saturated rings. The molecule has 0 unspecified atom stereocenters. The molecule has 1 heterocycles. The van der Waals surface area contributed by atoms with Crippen LogP contribution in [0, 0.1) is 5.41 Å². The van der Waals surface area contributed by atoms with Gasteiger partial charge in [-0.25, -0.2) is 0 Å². The zero-order valence-electron chi connectivity index (χ0n) is 10.4. The van der Waals surface area contributed by atoms with Crippen LogP contribution >= 0.6 is 12.2 Å². The first-order valence-corrected chi connectivity index (χ1v) is 6.20. The Hall–Kier alpha value is -1.75. The number of hydrogen-bond acceptors (Lipinski definition) is 3. The van der Waals surface area contributed by atoms with E-state index in [0.717, 1.165) is 5.56 Å². The number of nitrogens with zero attached hydrogens (tertiary/aromatic N) is 2. The Morgan fingerprint density at radius 3 is 2.39 bits per heavy atom. The molecule has 1 aromatic rings. The van der Waals surface area contributed by atoms with Gasteiger partial charge in [-0.05, 0) is 31.6 Å².